The van der Waals surface area contributed by atoms with Crippen molar-refractivity contribution in [1.29, 1.82) is 5.26 Å². The molecule has 2 amide bonds. The molecule has 32 heavy (non-hydrogen) atoms. The average molecular weight is 429 g/mol. The van der Waals surface area contributed by atoms with Crippen LogP contribution in [0.25, 0.3) is 11.3 Å². The van der Waals surface area contributed by atoms with Crippen molar-refractivity contribution in [2.75, 3.05) is 16.3 Å². The molecule has 2 heterocycles. The lowest BCUT2D eigenvalue weighted by Gasteiger charge is -2.32. The van der Waals surface area contributed by atoms with Crippen molar-refractivity contribution in [3.63, 3.8) is 0 Å². The molecule has 0 unspecified atom stereocenters. The topological polar surface area (TPSA) is 102 Å². The van der Waals surface area contributed by atoms with Gasteiger partial charge < -0.3 is 4.74 Å². The molecule has 0 aliphatic carbocycles. The van der Waals surface area contributed by atoms with Gasteiger partial charge in [-0.3, -0.25) is 14.9 Å². The van der Waals surface area contributed by atoms with Crippen LogP contribution in [-0.2, 0) is 11.2 Å². The second kappa shape index (κ2) is 8.19. The van der Waals surface area contributed by atoms with Gasteiger partial charge in [-0.05, 0) is 56.5 Å². The molecule has 1 N–H and O–H groups in total. The predicted molar refractivity (Wildman–Crippen MR) is 120 cm³/mol. The van der Waals surface area contributed by atoms with Gasteiger partial charge in [-0.25, -0.2) is 9.59 Å². The maximum absolute atomic E-state index is 13.1. The van der Waals surface area contributed by atoms with E-state index in [4.69, 9.17) is 10.00 Å². The Morgan fingerprint density at radius 1 is 1.16 bits per heavy atom. The van der Waals surface area contributed by atoms with Gasteiger partial charge in [-0.1, -0.05) is 30.3 Å². The highest BCUT2D eigenvalue weighted by atomic mass is 16.6. The molecule has 3 aromatic rings. The zero-order chi connectivity index (χ0) is 22.9. The number of aromatic nitrogens is 2. The minimum Gasteiger partial charge on any atom is -0.359 e. The molecule has 0 spiro atoms. The number of nitrogens with one attached hydrogen (secondary N) is 1. The summed E-state index contributed by atoms with van der Waals surface area (Å²) >= 11 is 0. The van der Waals surface area contributed by atoms with E-state index in [0.29, 0.717) is 23.6 Å². The van der Waals surface area contributed by atoms with E-state index in [0.717, 1.165) is 23.2 Å². The number of carbonyl (C=O) groups excluding carboxylic acids is 2. The average Bonchev–Trinajstić information content (AvgIpc) is 3.40. The lowest BCUT2D eigenvalue weighted by molar-refractivity contribution is 0.156. The number of amides is 2. The number of aromatic amines is 1. The number of nitriles is 1. The molecule has 0 saturated heterocycles. The molecule has 2 aromatic carbocycles. The minimum atomic E-state index is -0.801. The Balaban J connectivity index is 1.55. The first-order valence-electron chi connectivity index (χ1n) is 10.3. The van der Waals surface area contributed by atoms with Crippen LogP contribution in [0.3, 0.4) is 0 Å². The van der Waals surface area contributed by atoms with Gasteiger partial charge in [-0.15, -0.1) is 0 Å². The van der Waals surface area contributed by atoms with Crippen LogP contribution < -0.4 is 9.80 Å². The largest absolute Gasteiger partial charge is 0.425 e. The van der Waals surface area contributed by atoms with Crippen LogP contribution in [0.4, 0.5) is 21.1 Å². The van der Waals surface area contributed by atoms with Gasteiger partial charge in [0.05, 0.1) is 23.0 Å². The van der Waals surface area contributed by atoms with Crippen LogP contribution in [-0.4, -0.2) is 34.5 Å². The molecule has 0 atom stereocenters. The first-order chi connectivity index (χ1) is 15.3. The van der Waals surface area contributed by atoms with E-state index in [2.05, 4.69) is 16.3 Å². The highest BCUT2D eigenvalue weighted by Crippen LogP contribution is 2.30. The van der Waals surface area contributed by atoms with Gasteiger partial charge in [0.2, 0.25) is 0 Å². The van der Waals surface area contributed by atoms with Gasteiger partial charge in [-0.2, -0.15) is 10.4 Å². The lowest BCUT2D eigenvalue weighted by atomic mass is 10.1. The fourth-order valence-corrected chi connectivity index (χ4v) is 3.71. The molecule has 1 aliphatic rings. The van der Waals surface area contributed by atoms with Crippen LogP contribution >= 0.6 is 0 Å². The molecule has 1 aromatic heterocycles. The van der Waals surface area contributed by atoms with Crippen LogP contribution in [0.15, 0.2) is 54.6 Å². The minimum absolute atomic E-state index is 0.330. The summed E-state index contributed by atoms with van der Waals surface area (Å²) in [7, 11) is 0. The van der Waals surface area contributed by atoms with Gasteiger partial charge in [0.25, 0.3) is 0 Å². The Bertz CT molecular complexity index is 1200. The Morgan fingerprint density at radius 2 is 1.88 bits per heavy atom. The van der Waals surface area contributed by atoms with Gasteiger partial charge >= 0.3 is 12.2 Å². The fraction of sp³-hybridized carbons (Fsp3) is 0.250. The number of hydrogen-bond donors (Lipinski definition) is 1. The van der Waals surface area contributed by atoms with E-state index in [1.165, 1.54) is 9.80 Å². The summed E-state index contributed by atoms with van der Waals surface area (Å²) in [6, 6.07) is 18.4. The highest BCUT2D eigenvalue weighted by molar-refractivity contribution is 6.01. The number of H-pyrrole nitrogens is 1. The number of para-hydroxylation sites is 1. The van der Waals surface area contributed by atoms with Crippen molar-refractivity contribution in [3.8, 4) is 17.3 Å². The Morgan fingerprint density at radius 3 is 2.56 bits per heavy atom. The molecule has 1 aliphatic heterocycles. The highest BCUT2D eigenvalue weighted by Gasteiger charge is 2.35. The summed E-state index contributed by atoms with van der Waals surface area (Å²) in [6.45, 7) is 5.96. The van der Waals surface area contributed by atoms with Crippen molar-refractivity contribution in [2.24, 2.45) is 0 Å². The van der Waals surface area contributed by atoms with Crippen molar-refractivity contribution < 1.29 is 14.3 Å². The second-order valence-electron chi connectivity index (χ2n) is 8.50. The molecule has 162 valence electrons. The van der Waals surface area contributed by atoms with Crippen molar-refractivity contribution in [3.05, 3.63) is 65.7 Å². The lowest BCUT2D eigenvalue weighted by Crippen LogP contribution is -2.48. The molecule has 0 bridgehead atoms. The Kier molecular flexibility index (Phi) is 5.41. The number of nitrogens with zero attached hydrogens (tertiary/aromatic N) is 4. The summed E-state index contributed by atoms with van der Waals surface area (Å²) in [5.74, 6) is 0.330. The monoisotopic (exact) mass is 429 g/mol. The first-order valence-corrected chi connectivity index (χ1v) is 10.3. The smallest absolute Gasteiger partial charge is 0.359 e. The molecule has 0 radical (unpaired) electrons. The summed E-state index contributed by atoms with van der Waals surface area (Å²) in [5.41, 5.74) is 3.15. The van der Waals surface area contributed by atoms with E-state index >= 15 is 0 Å². The normalized spacial score (nSPS) is 12.8. The molecule has 4 rings (SSSR count). The number of benzene rings is 2. The maximum Gasteiger partial charge on any atom is 0.425 e. The number of rotatable bonds is 2. The van der Waals surface area contributed by atoms with E-state index in [1.54, 1.807) is 30.3 Å². The Hall–Kier alpha value is -4.12. The summed E-state index contributed by atoms with van der Waals surface area (Å²) in [5, 5.41) is 16.2. The van der Waals surface area contributed by atoms with Crippen molar-refractivity contribution in [2.45, 2.75) is 32.7 Å². The number of anilines is 2. The number of hydrogen-bond acceptors (Lipinski definition) is 5. The zero-order valence-electron chi connectivity index (χ0n) is 18.1. The Labute approximate surface area is 186 Å². The van der Waals surface area contributed by atoms with E-state index in [9.17, 15) is 9.59 Å². The molecular weight excluding hydrogens is 406 g/mol. The quantitative estimate of drug-likeness (QED) is 0.585. The van der Waals surface area contributed by atoms with Crippen LogP contribution in [0.1, 0.15) is 31.9 Å². The predicted octanol–water partition coefficient (Wildman–Crippen LogP) is 4.87. The zero-order valence-corrected chi connectivity index (χ0v) is 18.1. The molecular formula is C24H23N5O3. The molecule has 8 heteroatoms. The molecule has 0 saturated carbocycles. The SMILES string of the molecule is CC(C)(C)N(C(=O)OC(=O)N1CCc2ccccc21)c1cc(-c2ccc(C#N)cc2)[nH]n1. The third-order valence-corrected chi connectivity index (χ3v) is 5.25. The first kappa shape index (κ1) is 21.1. The third-order valence-electron chi connectivity index (χ3n) is 5.25. The maximum atomic E-state index is 13.1. The van der Waals surface area contributed by atoms with Crippen molar-refractivity contribution in [1.82, 2.24) is 10.2 Å². The third kappa shape index (κ3) is 4.05. The standard InChI is InChI=1S/C24H23N5O3/c1-24(2,3)29(21-14-19(26-27-21)17-10-8-16(15-25)9-11-17)23(31)32-22(30)28-13-12-18-6-4-5-7-20(18)28/h4-11,14H,12-13H2,1-3H3,(H,26,27). The number of fused-ring (bicyclic) bond motifs is 1. The van der Waals surface area contributed by atoms with Crippen molar-refractivity contribution >= 4 is 23.7 Å². The van der Waals surface area contributed by atoms with Crippen LogP contribution in [0.5, 0.6) is 0 Å². The fourth-order valence-electron chi connectivity index (χ4n) is 3.71. The van der Waals surface area contributed by atoms with E-state index in [-0.39, 0.29) is 0 Å². The summed E-state index contributed by atoms with van der Waals surface area (Å²) < 4.78 is 5.26. The number of ether oxygens (including phenoxy) is 1. The van der Waals surface area contributed by atoms with E-state index < -0.39 is 17.7 Å². The van der Waals surface area contributed by atoms with Crippen LogP contribution in [0.2, 0.25) is 0 Å². The van der Waals surface area contributed by atoms with Gasteiger partial charge in [0.15, 0.2) is 5.82 Å². The number of carbonyl (C=O) groups is 2. The molecule has 0 fully saturated rings. The second-order valence-corrected chi connectivity index (χ2v) is 8.50. The van der Waals surface area contributed by atoms with Crippen LogP contribution in [0, 0.1) is 11.3 Å². The van der Waals surface area contributed by atoms with E-state index in [1.807, 2.05) is 45.0 Å². The summed E-state index contributed by atoms with van der Waals surface area (Å²) in [6.07, 6.45) is -0.794. The molecule has 8 nitrogen and oxygen atoms in total. The van der Waals surface area contributed by atoms with Gasteiger partial charge in [0.1, 0.15) is 0 Å². The summed E-state index contributed by atoms with van der Waals surface area (Å²) in [4.78, 5) is 28.7. The van der Waals surface area contributed by atoms with Gasteiger partial charge in [0, 0.05) is 18.2 Å².